The van der Waals surface area contributed by atoms with E-state index in [9.17, 15) is 4.79 Å². The summed E-state index contributed by atoms with van der Waals surface area (Å²) in [6.45, 7) is 6.41. The second kappa shape index (κ2) is 5.37. The lowest BCUT2D eigenvalue weighted by molar-refractivity contribution is -0.125. The van der Waals surface area contributed by atoms with Gasteiger partial charge in [0, 0.05) is 11.1 Å². The molecule has 4 heteroatoms. The van der Waals surface area contributed by atoms with Crippen LogP contribution in [0.4, 0.5) is 0 Å². The minimum atomic E-state index is -0.567. The molecule has 3 rings (SSSR count). The van der Waals surface area contributed by atoms with Crippen molar-refractivity contribution in [3.05, 3.63) is 47.7 Å². The third-order valence-electron chi connectivity index (χ3n) is 4.05. The Morgan fingerprint density at radius 3 is 2.50 bits per heavy atom. The number of nitrogens with one attached hydrogen (secondary N) is 2. The predicted octanol–water partition coefficient (Wildman–Crippen LogP) is 3.24. The van der Waals surface area contributed by atoms with Crippen molar-refractivity contribution >= 4 is 22.8 Å². The maximum absolute atomic E-state index is 11.9. The van der Waals surface area contributed by atoms with Gasteiger partial charge in [-0.25, -0.2) is 0 Å². The first kappa shape index (κ1) is 14.4. The van der Waals surface area contributed by atoms with Gasteiger partial charge in [0.25, 0.3) is 0 Å². The van der Waals surface area contributed by atoms with E-state index in [2.05, 4.69) is 23.0 Å². The van der Waals surface area contributed by atoms with Gasteiger partial charge in [-0.1, -0.05) is 30.3 Å². The fourth-order valence-electron chi connectivity index (χ4n) is 2.66. The largest absolute Gasteiger partial charge is 0.493 e. The van der Waals surface area contributed by atoms with Crippen LogP contribution in [0, 0.1) is 5.41 Å². The van der Waals surface area contributed by atoms with E-state index in [1.54, 1.807) is 0 Å². The summed E-state index contributed by atoms with van der Waals surface area (Å²) in [5.41, 5.74) is 6.99. The van der Waals surface area contributed by atoms with E-state index in [1.165, 1.54) is 0 Å². The molecule has 1 saturated heterocycles. The SMILES string of the molecule is CCOc1cccc2cccc(/C=C3\NNC(=O)C3(C)C)c12. The molecule has 1 heterocycles. The minimum absolute atomic E-state index is 0.0241. The van der Waals surface area contributed by atoms with E-state index in [4.69, 9.17) is 4.74 Å². The van der Waals surface area contributed by atoms with Gasteiger partial charge < -0.3 is 10.2 Å². The maximum Gasteiger partial charge on any atom is 0.249 e. The van der Waals surface area contributed by atoms with Crippen LogP contribution < -0.4 is 15.6 Å². The number of fused-ring (bicyclic) bond motifs is 1. The molecular formula is C18H20N2O2. The van der Waals surface area contributed by atoms with Crippen molar-refractivity contribution in [1.29, 1.82) is 0 Å². The fourth-order valence-corrected chi connectivity index (χ4v) is 2.66. The fraction of sp³-hybridized carbons (Fsp3) is 0.278. The van der Waals surface area contributed by atoms with Crippen LogP contribution in [-0.2, 0) is 4.79 Å². The van der Waals surface area contributed by atoms with Crippen LogP contribution in [-0.4, -0.2) is 12.5 Å². The first-order chi connectivity index (χ1) is 10.5. The van der Waals surface area contributed by atoms with Gasteiger partial charge in [-0.05, 0) is 43.9 Å². The molecule has 0 bridgehead atoms. The van der Waals surface area contributed by atoms with Crippen LogP contribution in [0.2, 0.25) is 0 Å². The number of carbonyl (C=O) groups excluding carboxylic acids is 1. The minimum Gasteiger partial charge on any atom is -0.493 e. The summed E-state index contributed by atoms with van der Waals surface area (Å²) in [7, 11) is 0. The van der Waals surface area contributed by atoms with E-state index in [0.717, 1.165) is 27.8 Å². The van der Waals surface area contributed by atoms with E-state index in [0.29, 0.717) is 6.61 Å². The van der Waals surface area contributed by atoms with Crippen molar-refractivity contribution in [3.8, 4) is 5.75 Å². The standard InChI is InChI=1S/C18H20N2O2/c1-4-22-14-10-6-8-12-7-5-9-13(16(12)14)11-15-18(2,3)17(21)20-19-15/h5-11,19H,4H2,1-3H3,(H,20,21)/b15-11-. The summed E-state index contributed by atoms with van der Waals surface area (Å²) in [5, 5.41) is 2.19. The summed E-state index contributed by atoms with van der Waals surface area (Å²) in [5.74, 6) is 0.839. The maximum atomic E-state index is 11.9. The van der Waals surface area contributed by atoms with Gasteiger partial charge in [0.1, 0.15) is 5.75 Å². The average Bonchev–Trinajstić information content (AvgIpc) is 2.75. The molecule has 0 atom stereocenters. The number of hydrogen-bond acceptors (Lipinski definition) is 3. The van der Waals surface area contributed by atoms with Crippen LogP contribution in [0.5, 0.6) is 5.75 Å². The molecule has 114 valence electrons. The number of rotatable bonds is 3. The summed E-state index contributed by atoms with van der Waals surface area (Å²) in [4.78, 5) is 11.9. The van der Waals surface area contributed by atoms with E-state index in [1.807, 2.05) is 51.1 Å². The van der Waals surface area contributed by atoms with Crippen LogP contribution in [0.25, 0.3) is 16.8 Å². The quantitative estimate of drug-likeness (QED) is 0.914. The molecule has 2 aromatic rings. The Labute approximate surface area is 130 Å². The topological polar surface area (TPSA) is 50.4 Å². The zero-order chi connectivity index (χ0) is 15.7. The second-order valence-corrected chi connectivity index (χ2v) is 5.90. The molecule has 0 spiro atoms. The Morgan fingerprint density at radius 2 is 1.86 bits per heavy atom. The third kappa shape index (κ3) is 2.30. The number of ether oxygens (including phenoxy) is 1. The number of hydrogen-bond donors (Lipinski definition) is 2. The highest BCUT2D eigenvalue weighted by Gasteiger charge is 2.37. The molecule has 0 radical (unpaired) electrons. The smallest absolute Gasteiger partial charge is 0.249 e. The summed E-state index contributed by atoms with van der Waals surface area (Å²) < 4.78 is 5.77. The molecule has 1 aliphatic rings. The monoisotopic (exact) mass is 296 g/mol. The van der Waals surface area contributed by atoms with Crippen molar-refractivity contribution in [2.75, 3.05) is 6.61 Å². The van der Waals surface area contributed by atoms with Gasteiger partial charge in [-0.2, -0.15) is 0 Å². The lowest BCUT2D eigenvalue weighted by Gasteiger charge is -2.15. The molecule has 1 aliphatic heterocycles. The molecule has 0 aliphatic carbocycles. The molecule has 0 saturated carbocycles. The van der Waals surface area contributed by atoms with Crippen molar-refractivity contribution in [2.45, 2.75) is 20.8 Å². The average molecular weight is 296 g/mol. The summed E-state index contributed by atoms with van der Waals surface area (Å²) >= 11 is 0. The Kier molecular flexibility index (Phi) is 3.53. The highest BCUT2D eigenvalue weighted by Crippen LogP contribution is 2.34. The Bertz CT molecular complexity index is 758. The van der Waals surface area contributed by atoms with Crippen molar-refractivity contribution in [1.82, 2.24) is 10.9 Å². The molecule has 0 unspecified atom stereocenters. The van der Waals surface area contributed by atoms with Crippen LogP contribution in [0.1, 0.15) is 26.3 Å². The molecular weight excluding hydrogens is 276 g/mol. The Morgan fingerprint density at radius 1 is 1.14 bits per heavy atom. The van der Waals surface area contributed by atoms with Gasteiger partial charge in [0.15, 0.2) is 0 Å². The molecule has 2 aromatic carbocycles. The predicted molar refractivity (Wildman–Crippen MR) is 88.2 cm³/mol. The van der Waals surface area contributed by atoms with Crippen molar-refractivity contribution in [2.24, 2.45) is 5.41 Å². The first-order valence-electron chi connectivity index (χ1n) is 7.47. The van der Waals surface area contributed by atoms with Gasteiger partial charge in [-0.3, -0.25) is 10.2 Å². The molecule has 1 fully saturated rings. The first-order valence-corrected chi connectivity index (χ1v) is 7.47. The number of hydrazine groups is 1. The third-order valence-corrected chi connectivity index (χ3v) is 4.05. The lowest BCUT2D eigenvalue weighted by atomic mass is 9.88. The highest BCUT2D eigenvalue weighted by molar-refractivity contribution is 5.97. The van der Waals surface area contributed by atoms with Crippen LogP contribution >= 0.6 is 0 Å². The van der Waals surface area contributed by atoms with Gasteiger partial charge in [-0.15, -0.1) is 0 Å². The van der Waals surface area contributed by atoms with Gasteiger partial charge >= 0.3 is 0 Å². The number of amides is 1. The van der Waals surface area contributed by atoms with Crippen molar-refractivity contribution < 1.29 is 9.53 Å². The molecule has 2 N–H and O–H groups in total. The molecule has 4 nitrogen and oxygen atoms in total. The second-order valence-electron chi connectivity index (χ2n) is 5.90. The van der Waals surface area contributed by atoms with Crippen molar-refractivity contribution in [3.63, 3.8) is 0 Å². The lowest BCUT2D eigenvalue weighted by Crippen LogP contribution is -2.28. The van der Waals surface area contributed by atoms with E-state index < -0.39 is 5.41 Å². The summed E-state index contributed by atoms with van der Waals surface area (Å²) in [6.07, 6.45) is 2.02. The van der Waals surface area contributed by atoms with Crippen LogP contribution in [0.15, 0.2) is 42.1 Å². The van der Waals surface area contributed by atoms with E-state index >= 15 is 0 Å². The summed E-state index contributed by atoms with van der Waals surface area (Å²) in [6, 6.07) is 12.2. The normalized spacial score (nSPS) is 18.3. The Hall–Kier alpha value is -2.49. The molecule has 1 amide bonds. The van der Waals surface area contributed by atoms with E-state index in [-0.39, 0.29) is 5.91 Å². The molecule has 0 aromatic heterocycles. The van der Waals surface area contributed by atoms with Crippen LogP contribution in [0.3, 0.4) is 0 Å². The zero-order valence-corrected chi connectivity index (χ0v) is 13.1. The Balaban J connectivity index is 2.17. The van der Waals surface area contributed by atoms with Gasteiger partial charge in [0.05, 0.1) is 12.0 Å². The number of benzene rings is 2. The highest BCUT2D eigenvalue weighted by atomic mass is 16.5. The number of carbonyl (C=O) groups is 1. The van der Waals surface area contributed by atoms with Gasteiger partial charge in [0.2, 0.25) is 5.91 Å². The zero-order valence-electron chi connectivity index (χ0n) is 13.1. The molecule has 22 heavy (non-hydrogen) atoms.